The van der Waals surface area contributed by atoms with Gasteiger partial charge in [0, 0.05) is 13.0 Å². The van der Waals surface area contributed by atoms with Gasteiger partial charge in [0.05, 0.1) is 6.61 Å². The van der Waals surface area contributed by atoms with Crippen molar-refractivity contribution in [1.29, 1.82) is 0 Å². The molecule has 0 aliphatic carbocycles. The minimum atomic E-state index is 0.480. The molecule has 0 bridgehead atoms. The van der Waals surface area contributed by atoms with Gasteiger partial charge in [0.15, 0.2) is 11.5 Å². The molecule has 0 saturated heterocycles. The van der Waals surface area contributed by atoms with Gasteiger partial charge in [-0.25, -0.2) is 0 Å². The maximum atomic E-state index is 5.99. The summed E-state index contributed by atoms with van der Waals surface area (Å²) in [6.45, 7) is 1.59. The van der Waals surface area contributed by atoms with Gasteiger partial charge in [-0.2, -0.15) is 0 Å². The molecule has 3 rings (SSSR count). The molecule has 0 heterocycles. The Morgan fingerprint density at radius 1 is 0.640 bits per heavy atom. The topological polar surface area (TPSA) is 44.5 Å². The van der Waals surface area contributed by atoms with E-state index in [-0.39, 0.29) is 0 Å². The molecule has 0 spiro atoms. The molecule has 3 nitrogen and oxygen atoms in total. The Morgan fingerprint density at radius 3 is 2.00 bits per heavy atom. The summed E-state index contributed by atoms with van der Waals surface area (Å²) in [7, 11) is 0. The second-order valence-corrected chi connectivity index (χ2v) is 5.84. The zero-order chi connectivity index (χ0) is 17.3. The minimum absolute atomic E-state index is 0.480. The highest BCUT2D eigenvalue weighted by molar-refractivity contribution is 5.43. The van der Waals surface area contributed by atoms with Gasteiger partial charge < -0.3 is 15.2 Å². The summed E-state index contributed by atoms with van der Waals surface area (Å²) in [5, 5.41) is 0. The van der Waals surface area contributed by atoms with Gasteiger partial charge in [0.2, 0.25) is 0 Å². The van der Waals surface area contributed by atoms with Crippen LogP contribution in [0.2, 0.25) is 0 Å². The Balaban J connectivity index is 1.65. The molecule has 3 aromatic carbocycles. The molecule has 0 amide bonds. The summed E-state index contributed by atoms with van der Waals surface area (Å²) in [5.41, 5.74) is 9.17. The van der Waals surface area contributed by atoms with Crippen LogP contribution in [0.15, 0.2) is 78.9 Å². The second kappa shape index (κ2) is 8.90. The highest BCUT2D eigenvalue weighted by atomic mass is 16.5. The number of ether oxygens (including phenoxy) is 2. The van der Waals surface area contributed by atoms with E-state index in [1.165, 1.54) is 5.56 Å². The van der Waals surface area contributed by atoms with Crippen LogP contribution in [0.3, 0.4) is 0 Å². The maximum absolute atomic E-state index is 5.99. The van der Waals surface area contributed by atoms with E-state index in [0.717, 1.165) is 29.0 Å². The van der Waals surface area contributed by atoms with E-state index in [0.29, 0.717) is 19.8 Å². The summed E-state index contributed by atoms with van der Waals surface area (Å²) in [6, 6.07) is 26.3. The molecule has 2 N–H and O–H groups in total. The van der Waals surface area contributed by atoms with Crippen LogP contribution in [0.5, 0.6) is 11.5 Å². The Labute approximate surface area is 149 Å². The van der Waals surface area contributed by atoms with Crippen LogP contribution in [-0.4, -0.2) is 6.61 Å². The molecule has 0 aromatic heterocycles. The lowest BCUT2D eigenvalue weighted by atomic mass is 10.1. The van der Waals surface area contributed by atoms with Crippen molar-refractivity contribution in [1.82, 2.24) is 0 Å². The third-order valence-corrected chi connectivity index (χ3v) is 3.97. The largest absolute Gasteiger partial charge is 0.489 e. The maximum Gasteiger partial charge on any atom is 0.161 e. The predicted octanol–water partition coefficient (Wildman–Crippen LogP) is 4.35. The van der Waals surface area contributed by atoms with Gasteiger partial charge in [0.25, 0.3) is 0 Å². The lowest BCUT2D eigenvalue weighted by molar-refractivity contribution is 0.263. The molecule has 0 aliphatic rings. The Morgan fingerprint density at radius 2 is 1.32 bits per heavy atom. The van der Waals surface area contributed by atoms with Crippen molar-refractivity contribution < 1.29 is 9.47 Å². The van der Waals surface area contributed by atoms with Crippen molar-refractivity contribution >= 4 is 0 Å². The summed E-state index contributed by atoms with van der Waals surface area (Å²) < 4.78 is 12.0. The molecule has 0 atom stereocenters. The van der Waals surface area contributed by atoms with Crippen molar-refractivity contribution in [3.05, 3.63) is 95.6 Å². The summed E-state index contributed by atoms with van der Waals surface area (Å²) in [6.07, 6.45) is 0.853. The first-order valence-corrected chi connectivity index (χ1v) is 8.51. The smallest absolute Gasteiger partial charge is 0.161 e. The first-order valence-electron chi connectivity index (χ1n) is 8.51. The monoisotopic (exact) mass is 333 g/mol. The molecule has 0 saturated carbocycles. The number of hydrogen-bond donors (Lipinski definition) is 1. The van der Waals surface area contributed by atoms with E-state index < -0.39 is 0 Å². The van der Waals surface area contributed by atoms with E-state index >= 15 is 0 Å². The highest BCUT2D eigenvalue weighted by Crippen LogP contribution is 2.29. The van der Waals surface area contributed by atoms with Crippen LogP contribution < -0.4 is 15.2 Å². The average Bonchev–Trinajstić information content (AvgIpc) is 2.68. The molecule has 3 aromatic rings. The lowest BCUT2D eigenvalue weighted by Gasteiger charge is -2.14. The second-order valence-electron chi connectivity index (χ2n) is 5.84. The van der Waals surface area contributed by atoms with E-state index in [4.69, 9.17) is 15.2 Å². The minimum Gasteiger partial charge on any atom is -0.489 e. The van der Waals surface area contributed by atoms with Crippen molar-refractivity contribution in [3.8, 4) is 11.5 Å². The zero-order valence-electron chi connectivity index (χ0n) is 14.2. The van der Waals surface area contributed by atoms with Gasteiger partial charge in [0.1, 0.15) is 6.61 Å². The van der Waals surface area contributed by atoms with Crippen molar-refractivity contribution in [2.45, 2.75) is 19.6 Å². The number of rotatable bonds is 8. The molecule has 0 radical (unpaired) electrons. The van der Waals surface area contributed by atoms with Gasteiger partial charge in [-0.15, -0.1) is 0 Å². The third-order valence-electron chi connectivity index (χ3n) is 3.97. The first kappa shape index (κ1) is 17.1. The molecule has 3 heteroatoms. The standard InChI is InChI=1S/C22H23NO2/c23-16-20-11-12-21(25-17-19-9-5-2-6-10-19)22(15-20)24-14-13-18-7-3-1-4-8-18/h1-12,15H,13-14,16-17,23H2. The van der Waals surface area contributed by atoms with E-state index in [9.17, 15) is 0 Å². The van der Waals surface area contributed by atoms with Gasteiger partial charge in [-0.05, 0) is 28.8 Å². The molecule has 0 fully saturated rings. The fourth-order valence-corrected chi connectivity index (χ4v) is 2.57. The van der Waals surface area contributed by atoms with E-state index in [1.54, 1.807) is 0 Å². The SMILES string of the molecule is NCc1ccc(OCc2ccccc2)c(OCCc2ccccc2)c1. The normalized spacial score (nSPS) is 10.4. The number of nitrogens with two attached hydrogens (primary N) is 1. The molecular weight excluding hydrogens is 310 g/mol. The molecule has 128 valence electrons. The van der Waals surface area contributed by atoms with Crippen molar-refractivity contribution in [3.63, 3.8) is 0 Å². The van der Waals surface area contributed by atoms with E-state index in [2.05, 4.69) is 12.1 Å². The van der Waals surface area contributed by atoms with Crippen LogP contribution in [0.25, 0.3) is 0 Å². The summed E-state index contributed by atoms with van der Waals surface area (Å²) in [5.74, 6) is 1.49. The third kappa shape index (κ3) is 5.10. The van der Waals surface area contributed by atoms with Crippen molar-refractivity contribution in [2.75, 3.05) is 6.61 Å². The summed E-state index contributed by atoms with van der Waals surface area (Å²) >= 11 is 0. The van der Waals surface area contributed by atoms with Gasteiger partial charge in [-0.1, -0.05) is 66.7 Å². The number of benzene rings is 3. The van der Waals surface area contributed by atoms with Gasteiger partial charge in [-0.3, -0.25) is 0 Å². The van der Waals surface area contributed by atoms with Crippen LogP contribution >= 0.6 is 0 Å². The molecule has 25 heavy (non-hydrogen) atoms. The fourth-order valence-electron chi connectivity index (χ4n) is 2.57. The Bertz CT molecular complexity index is 773. The summed E-state index contributed by atoms with van der Waals surface area (Å²) in [4.78, 5) is 0. The number of hydrogen-bond acceptors (Lipinski definition) is 3. The van der Waals surface area contributed by atoms with Crippen LogP contribution in [0.4, 0.5) is 0 Å². The highest BCUT2D eigenvalue weighted by Gasteiger charge is 2.07. The molecule has 0 unspecified atom stereocenters. The Hall–Kier alpha value is -2.78. The Kier molecular flexibility index (Phi) is 6.07. The van der Waals surface area contributed by atoms with Crippen LogP contribution in [0.1, 0.15) is 16.7 Å². The van der Waals surface area contributed by atoms with Crippen LogP contribution in [-0.2, 0) is 19.6 Å². The zero-order valence-corrected chi connectivity index (χ0v) is 14.2. The van der Waals surface area contributed by atoms with Crippen molar-refractivity contribution in [2.24, 2.45) is 5.73 Å². The molecule has 0 aliphatic heterocycles. The van der Waals surface area contributed by atoms with Crippen LogP contribution in [0, 0.1) is 0 Å². The average molecular weight is 333 g/mol. The fraction of sp³-hybridized carbons (Fsp3) is 0.182. The lowest BCUT2D eigenvalue weighted by Crippen LogP contribution is -2.05. The first-order chi connectivity index (χ1) is 12.3. The molecular formula is C22H23NO2. The predicted molar refractivity (Wildman–Crippen MR) is 101 cm³/mol. The van der Waals surface area contributed by atoms with Gasteiger partial charge >= 0.3 is 0 Å². The van der Waals surface area contributed by atoms with E-state index in [1.807, 2.05) is 66.7 Å². The quantitative estimate of drug-likeness (QED) is 0.667.